The molecule has 3 aromatic carbocycles. The monoisotopic (exact) mass is 553 g/mol. The van der Waals surface area contributed by atoms with E-state index >= 15 is 0 Å². The van der Waals surface area contributed by atoms with Crippen LogP contribution in [-0.2, 0) is 11.2 Å². The maximum atomic E-state index is 14.6. The minimum Gasteiger partial charge on any atom is -0.496 e. The van der Waals surface area contributed by atoms with Crippen molar-refractivity contribution >= 4 is 17.3 Å². The number of nitrogens with zero attached hydrogens (tertiary/aromatic N) is 5. The molecule has 0 saturated heterocycles. The van der Waals surface area contributed by atoms with E-state index in [-0.39, 0.29) is 24.1 Å². The van der Waals surface area contributed by atoms with Gasteiger partial charge in [0.15, 0.2) is 0 Å². The molecule has 1 atom stereocenters. The van der Waals surface area contributed by atoms with Gasteiger partial charge in [0, 0.05) is 36.5 Å². The van der Waals surface area contributed by atoms with Crippen molar-refractivity contribution in [3.05, 3.63) is 78.2 Å². The van der Waals surface area contributed by atoms with Gasteiger partial charge < -0.3 is 14.5 Å². The second-order valence-corrected chi connectivity index (χ2v) is 9.77. The number of methoxy groups -OCH3 is 1. The Hall–Kier alpha value is -4.41. The zero-order valence-corrected chi connectivity index (χ0v) is 22.1. The van der Waals surface area contributed by atoms with Gasteiger partial charge in [-0.3, -0.25) is 4.79 Å². The minimum atomic E-state index is -4.67. The van der Waals surface area contributed by atoms with Crippen LogP contribution in [0.25, 0.3) is 22.4 Å². The van der Waals surface area contributed by atoms with Crippen molar-refractivity contribution in [1.29, 1.82) is 0 Å². The number of ether oxygens (including phenoxy) is 1. The lowest BCUT2D eigenvalue weighted by atomic mass is 10.0. The van der Waals surface area contributed by atoms with Crippen molar-refractivity contribution in [3.8, 4) is 28.1 Å². The molecule has 0 N–H and O–H groups in total. The molecule has 40 heavy (non-hydrogen) atoms. The van der Waals surface area contributed by atoms with Crippen LogP contribution in [0.2, 0.25) is 0 Å². The lowest BCUT2D eigenvalue weighted by molar-refractivity contribution is -0.134. The van der Waals surface area contributed by atoms with Gasteiger partial charge in [0.05, 0.1) is 19.0 Å². The number of aromatic nitrogens is 3. The summed E-state index contributed by atoms with van der Waals surface area (Å²) < 4.78 is 61.8. The Morgan fingerprint density at radius 2 is 1.77 bits per heavy atom. The first-order chi connectivity index (χ1) is 19.1. The summed E-state index contributed by atoms with van der Waals surface area (Å²) >= 11 is 0. The van der Waals surface area contributed by atoms with Crippen molar-refractivity contribution in [3.63, 3.8) is 0 Å². The van der Waals surface area contributed by atoms with Crippen molar-refractivity contribution < 1.29 is 27.1 Å². The van der Waals surface area contributed by atoms with Crippen molar-refractivity contribution in [1.82, 2.24) is 15.0 Å². The van der Waals surface area contributed by atoms with Gasteiger partial charge in [-0.15, -0.1) is 5.10 Å². The molecule has 1 aromatic heterocycles. The Labute approximate surface area is 228 Å². The van der Waals surface area contributed by atoms with Crippen LogP contribution in [0.5, 0.6) is 5.75 Å². The van der Waals surface area contributed by atoms with Gasteiger partial charge in [-0.05, 0) is 54.8 Å². The van der Waals surface area contributed by atoms with Crippen LogP contribution in [0.4, 0.5) is 28.9 Å². The summed E-state index contributed by atoms with van der Waals surface area (Å²) in [5.74, 6) is -0.884. The topological polar surface area (TPSA) is 63.5 Å². The maximum Gasteiger partial charge on any atom is 0.406 e. The molecule has 4 aromatic rings. The normalized spacial score (nSPS) is 15.5. The van der Waals surface area contributed by atoms with Crippen LogP contribution in [0.1, 0.15) is 18.0 Å². The van der Waals surface area contributed by atoms with Crippen molar-refractivity contribution in [2.45, 2.75) is 25.1 Å². The number of benzene rings is 3. The molecular formula is C29H27F4N5O2. The molecule has 1 aliphatic heterocycles. The summed E-state index contributed by atoms with van der Waals surface area (Å²) in [6.45, 7) is -1.53. The van der Waals surface area contributed by atoms with E-state index in [0.717, 1.165) is 16.8 Å². The predicted octanol–water partition coefficient (Wildman–Crippen LogP) is 5.91. The smallest absolute Gasteiger partial charge is 0.406 e. The van der Waals surface area contributed by atoms with Gasteiger partial charge in [0.2, 0.25) is 0 Å². The molecule has 1 aliphatic rings. The van der Waals surface area contributed by atoms with E-state index in [4.69, 9.17) is 4.74 Å². The number of rotatable bonds is 6. The number of halogens is 4. The third kappa shape index (κ3) is 5.36. The van der Waals surface area contributed by atoms with Crippen molar-refractivity contribution in [2.75, 3.05) is 37.5 Å². The SMILES string of the molecule is COc1cc(-c2cn(C3CCc4c(F)cccc4N(CC(F)(F)F)C3=O)nn2)ccc1-c1ccc(N(C)C)cc1. The zero-order valence-electron chi connectivity index (χ0n) is 22.1. The van der Waals surface area contributed by atoms with Gasteiger partial charge in [-0.2, -0.15) is 13.2 Å². The minimum absolute atomic E-state index is 0.0646. The van der Waals surface area contributed by atoms with Crippen LogP contribution in [0.3, 0.4) is 0 Å². The molecule has 7 nitrogen and oxygen atoms in total. The van der Waals surface area contributed by atoms with Crippen LogP contribution in [-0.4, -0.2) is 54.8 Å². The molecule has 0 fully saturated rings. The number of amides is 1. The highest BCUT2D eigenvalue weighted by Gasteiger charge is 2.40. The molecule has 0 aliphatic carbocycles. The lowest BCUT2D eigenvalue weighted by Gasteiger charge is -2.26. The van der Waals surface area contributed by atoms with Crippen molar-refractivity contribution in [2.24, 2.45) is 0 Å². The largest absolute Gasteiger partial charge is 0.496 e. The first-order valence-corrected chi connectivity index (χ1v) is 12.6. The van der Waals surface area contributed by atoms with E-state index in [2.05, 4.69) is 10.3 Å². The third-order valence-electron chi connectivity index (χ3n) is 6.96. The fourth-order valence-corrected chi connectivity index (χ4v) is 4.93. The van der Waals surface area contributed by atoms with Crippen LogP contribution in [0, 0.1) is 5.82 Å². The molecule has 2 heterocycles. The van der Waals surface area contributed by atoms with Crippen LogP contribution < -0.4 is 14.5 Å². The predicted molar refractivity (Wildman–Crippen MR) is 144 cm³/mol. The summed E-state index contributed by atoms with van der Waals surface area (Å²) in [4.78, 5) is 16.0. The zero-order chi connectivity index (χ0) is 28.6. The van der Waals surface area contributed by atoms with Gasteiger partial charge >= 0.3 is 6.18 Å². The van der Waals surface area contributed by atoms with E-state index in [1.54, 1.807) is 13.2 Å². The van der Waals surface area contributed by atoms with Gasteiger partial charge in [0.25, 0.3) is 5.91 Å². The molecular weight excluding hydrogens is 526 g/mol. The Morgan fingerprint density at radius 3 is 2.45 bits per heavy atom. The van der Waals surface area contributed by atoms with E-state index in [1.807, 2.05) is 55.4 Å². The molecule has 11 heteroatoms. The molecule has 208 valence electrons. The van der Waals surface area contributed by atoms with Gasteiger partial charge in [0.1, 0.15) is 29.8 Å². The highest BCUT2D eigenvalue weighted by molar-refractivity contribution is 5.97. The van der Waals surface area contributed by atoms with Gasteiger partial charge in [-0.1, -0.05) is 29.5 Å². The number of fused-ring (bicyclic) bond motifs is 1. The molecule has 5 rings (SSSR count). The molecule has 0 saturated carbocycles. The first-order valence-electron chi connectivity index (χ1n) is 12.6. The molecule has 0 radical (unpaired) electrons. The summed E-state index contributed by atoms with van der Waals surface area (Å²) in [6, 6.07) is 16.2. The number of anilines is 2. The fourth-order valence-electron chi connectivity index (χ4n) is 4.93. The Kier molecular flexibility index (Phi) is 7.22. The standard InChI is InChI=1S/C29H27F4N5O2/c1-36(2)20-10-7-18(8-11-20)21-12-9-19(15-27(21)40-3)24-16-38(35-34-24)26-14-13-22-23(30)5-4-6-25(22)37(28(26)39)17-29(31,32)33/h4-12,15-16,26H,13-14,17H2,1-3H3. The summed E-state index contributed by atoms with van der Waals surface area (Å²) in [5.41, 5.74) is 3.94. The third-order valence-corrected chi connectivity index (χ3v) is 6.96. The lowest BCUT2D eigenvalue weighted by Crippen LogP contribution is -2.42. The first kappa shape index (κ1) is 27.2. The molecule has 1 amide bonds. The Bertz CT molecular complexity index is 1530. The number of carbonyl (C=O) groups is 1. The number of carbonyl (C=O) groups excluding carboxylic acids is 1. The van der Waals surface area contributed by atoms with E-state index in [9.17, 15) is 22.4 Å². The Balaban J connectivity index is 1.45. The van der Waals surface area contributed by atoms with Gasteiger partial charge in [-0.25, -0.2) is 9.07 Å². The maximum absolute atomic E-state index is 14.6. The highest BCUT2D eigenvalue weighted by Crippen LogP contribution is 2.37. The molecule has 0 bridgehead atoms. The molecule has 0 spiro atoms. The average Bonchev–Trinajstić information content (AvgIpc) is 3.37. The summed E-state index contributed by atoms with van der Waals surface area (Å²) in [7, 11) is 5.49. The Morgan fingerprint density at radius 1 is 1.05 bits per heavy atom. The van der Waals surface area contributed by atoms with E-state index in [1.165, 1.54) is 29.1 Å². The second kappa shape index (κ2) is 10.6. The molecule has 1 unspecified atom stereocenters. The average molecular weight is 554 g/mol. The highest BCUT2D eigenvalue weighted by atomic mass is 19.4. The number of hydrogen-bond acceptors (Lipinski definition) is 5. The quantitative estimate of drug-likeness (QED) is 0.278. The van der Waals surface area contributed by atoms with Crippen LogP contribution in [0.15, 0.2) is 66.9 Å². The number of hydrogen-bond donors (Lipinski definition) is 0. The van der Waals surface area contributed by atoms with Crippen LogP contribution >= 0.6 is 0 Å². The van der Waals surface area contributed by atoms with E-state index < -0.39 is 30.5 Å². The fraction of sp³-hybridized carbons (Fsp3) is 0.276. The number of alkyl halides is 3. The summed E-state index contributed by atoms with van der Waals surface area (Å²) in [5, 5.41) is 8.27. The summed E-state index contributed by atoms with van der Waals surface area (Å²) in [6.07, 6.45) is -3.03. The van der Waals surface area contributed by atoms with E-state index in [0.29, 0.717) is 21.9 Å². The second-order valence-electron chi connectivity index (χ2n) is 9.77.